The smallest absolute Gasteiger partial charge is 0.129 e. The summed E-state index contributed by atoms with van der Waals surface area (Å²) in [5.41, 5.74) is 0.898. The molecule has 86 valence electrons. The molecule has 1 atom stereocenters. The van der Waals surface area contributed by atoms with Gasteiger partial charge in [0, 0.05) is 5.38 Å². The van der Waals surface area contributed by atoms with Crippen molar-refractivity contribution in [1.82, 2.24) is 4.98 Å². The molecule has 1 unspecified atom stereocenters. The summed E-state index contributed by atoms with van der Waals surface area (Å²) in [7, 11) is 0. The van der Waals surface area contributed by atoms with Gasteiger partial charge < -0.3 is 9.15 Å². The van der Waals surface area contributed by atoms with E-state index in [9.17, 15) is 0 Å². The van der Waals surface area contributed by atoms with Crippen LogP contribution in [0.5, 0.6) is 0 Å². The van der Waals surface area contributed by atoms with E-state index in [-0.39, 0.29) is 6.10 Å². The fourth-order valence-corrected chi connectivity index (χ4v) is 2.29. The van der Waals surface area contributed by atoms with Gasteiger partial charge >= 0.3 is 0 Å². The highest BCUT2D eigenvalue weighted by Gasteiger charge is 2.11. The first kappa shape index (κ1) is 11.6. The van der Waals surface area contributed by atoms with Gasteiger partial charge in [-0.3, -0.25) is 0 Å². The Balaban J connectivity index is 1.90. The molecule has 0 radical (unpaired) electrons. The molecule has 2 rings (SSSR count). The van der Waals surface area contributed by atoms with Crippen LogP contribution in [0.15, 0.2) is 28.2 Å². The van der Waals surface area contributed by atoms with Crippen molar-refractivity contribution in [3.8, 4) is 0 Å². The van der Waals surface area contributed by atoms with Crippen LogP contribution >= 0.6 is 22.9 Å². The lowest BCUT2D eigenvalue weighted by atomic mass is 10.4. The molecule has 2 aromatic rings. The zero-order chi connectivity index (χ0) is 11.4. The highest BCUT2D eigenvalue weighted by Crippen LogP contribution is 2.23. The molecule has 0 N–H and O–H groups in total. The number of alkyl halides is 1. The molecule has 5 heteroatoms. The highest BCUT2D eigenvalue weighted by molar-refractivity contribution is 7.09. The average Bonchev–Trinajstić information content (AvgIpc) is 2.96. The third-order valence-electron chi connectivity index (χ3n) is 2.11. The number of aromatic nitrogens is 1. The van der Waals surface area contributed by atoms with E-state index in [1.165, 1.54) is 0 Å². The average molecular weight is 258 g/mol. The number of hydrogen-bond acceptors (Lipinski definition) is 4. The number of rotatable bonds is 5. The molecule has 2 heterocycles. The van der Waals surface area contributed by atoms with Crippen LogP contribution in [0.1, 0.15) is 29.5 Å². The summed E-state index contributed by atoms with van der Waals surface area (Å²) in [4.78, 5) is 4.36. The maximum Gasteiger partial charge on any atom is 0.129 e. The van der Waals surface area contributed by atoms with Gasteiger partial charge in [-0.15, -0.1) is 22.9 Å². The Bertz CT molecular complexity index is 427. The predicted octanol–water partition coefficient (Wildman–Crippen LogP) is 3.75. The minimum atomic E-state index is -0.0351. The van der Waals surface area contributed by atoms with Crippen molar-refractivity contribution >= 4 is 22.9 Å². The van der Waals surface area contributed by atoms with Crippen LogP contribution in [0.3, 0.4) is 0 Å². The fraction of sp³-hybridized carbons (Fsp3) is 0.364. The normalized spacial score (nSPS) is 12.9. The van der Waals surface area contributed by atoms with E-state index in [2.05, 4.69) is 4.98 Å². The minimum Gasteiger partial charge on any atom is -0.467 e. The number of hydrogen-bond donors (Lipinski definition) is 0. The molecule has 16 heavy (non-hydrogen) atoms. The van der Waals surface area contributed by atoms with E-state index in [1.807, 2.05) is 24.4 Å². The van der Waals surface area contributed by atoms with Crippen LogP contribution in [0.2, 0.25) is 0 Å². The molecular formula is C11H12ClNO2S. The lowest BCUT2D eigenvalue weighted by Crippen LogP contribution is -1.99. The minimum absolute atomic E-state index is 0.0351. The van der Waals surface area contributed by atoms with Gasteiger partial charge in [-0.25, -0.2) is 4.98 Å². The monoisotopic (exact) mass is 257 g/mol. The molecule has 0 saturated heterocycles. The van der Waals surface area contributed by atoms with Crippen molar-refractivity contribution in [2.75, 3.05) is 0 Å². The third kappa shape index (κ3) is 2.84. The molecule has 3 nitrogen and oxygen atoms in total. The molecule has 0 saturated carbocycles. The van der Waals surface area contributed by atoms with Gasteiger partial charge in [0.25, 0.3) is 0 Å². The van der Waals surface area contributed by atoms with E-state index in [1.54, 1.807) is 17.6 Å². The Morgan fingerprint density at radius 1 is 1.62 bits per heavy atom. The Kier molecular flexibility index (Phi) is 3.98. The quantitative estimate of drug-likeness (QED) is 0.765. The van der Waals surface area contributed by atoms with Crippen LogP contribution in [-0.2, 0) is 17.2 Å². The van der Waals surface area contributed by atoms with Gasteiger partial charge in [0.15, 0.2) is 0 Å². The molecule has 2 aromatic heterocycles. The van der Waals surface area contributed by atoms with Crippen molar-refractivity contribution in [2.24, 2.45) is 0 Å². The van der Waals surface area contributed by atoms with Crippen molar-refractivity contribution < 1.29 is 9.15 Å². The predicted molar refractivity (Wildman–Crippen MR) is 63.6 cm³/mol. The maximum atomic E-state index is 5.69. The Morgan fingerprint density at radius 2 is 2.50 bits per heavy atom. The molecule has 0 aliphatic carbocycles. The molecule has 0 bridgehead atoms. The first-order chi connectivity index (χ1) is 7.79. The molecule has 0 fully saturated rings. The van der Waals surface area contributed by atoms with Crippen LogP contribution in [0, 0.1) is 0 Å². The van der Waals surface area contributed by atoms with Crippen LogP contribution in [-0.4, -0.2) is 4.98 Å². The van der Waals surface area contributed by atoms with Gasteiger partial charge in [-0.1, -0.05) is 0 Å². The van der Waals surface area contributed by atoms with Gasteiger partial charge in [0.2, 0.25) is 0 Å². The first-order valence-corrected chi connectivity index (χ1v) is 6.35. The van der Waals surface area contributed by atoms with Crippen molar-refractivity contribution in [1.29, 1.82) is 0 Å². The lowest BCUT2D eigenvalue weighted by Gasteiger charge is -2.08. The Hall–Kier alpha value is -0.840. The van der Waals surface area contributed by atoms with Gasteiger partial charge in [0.1, 0.15) is 23.5 Å². The third-order valence-corrected chi connectivity index (χ3v) is 3.44. The number of furan rings is 1. The second kappa shape index (κ2) is 5.48. The first-order valence-electron chi connectivity index (χ1n) is 4.94. The summed E-state index contributed by atoms with van der Waals surface area (Å²) in [5.74, 6) is 1.27. The number of thiazole rings is 1. The largest absolute Gasteiger partial charge is 0.467 e. The van der Waals surface area contributed by atoms with E-state index in [0.29, 0.717) is 12.5 Å². The van der Waals surface area contributed by atoms with Gasteiger partial charge in [0.05, 0.1) is 17.8 Å². The molecule has 0 spiro atoms. The van der Waals surface area contributed by atoms with E-state index >= 15 is 0 Å². The summed E-state index contributed by atoms with van der Waals surface area (Å²) in [6.45, 7) is 2.43. The van der Waals surface area contributed by atoms with Gasteiger partial charge in [-0.2, -0.15) is 0 Å². The standard InChI is InChI=1S/C11H12ClNO2S/c1-8(11-13-9(5-12)7-16-11)15-6-10-3-2-4-14-10/h2-4,7-8H,5-6H2,1H3. The molecule has 0 aliphatic rings. The highest BCUT2D eigenvalue weighted by atomic mass is 35.5. The SMILES string of the molecule is CC(OCc1ccco1)c1nc(CCl)cs1. The topological polar surface area (TPSA) is 35.3 Å². The van der Waals surface area contributed by atoms with Crippen LogP contribution in [0.25, 0.3) is 0 Å². The van der Waals surface area contributed by atoms with Crippen LogP contribution in [0.4, 0.5) is 0 Å². The fourth-order valence-electron chi connectivity index (χ4n) is 1.24. The molecule has 0 aromatic carbocycles. The van der Waals surface area contributed by atoms with Crippen LogP contribution < -0.4 is 0 Å². The van der Waals surface area contributed by atoms with E-state index < -0.39 is 0 Å². The second-order valence-electron chi connectivity index (χ2n) is 3.34. The van der Waals surface area contributed by atoms with E-state index in [0.717, 1.165) is 16.5 Å². The van der Waals surface area contributed by atoms with Crippen molar-refractivity contribution in [3.05, 3.63) is 40.2 Å². The number of nitrogens with zero attached hydrogens (tertiary/aromatic N) is 1. The summed E-state index contributed by atoms with van der Waals surface area (Å²) < 4.78 is 10.8. The number of ether oxygens (including phenoxy) is 1. The van der Waals surface area contributed by atoms with Crippen molar-refractivity contribution in [2.45, 2.75) is 25.5 Å². The Morgan fingerprint density at radius 3 is 3.12 bits per heavy atom. The van der Waals surface area contributed by atoms with Crippen molar-refractivity contribution in [3.63, 3.8) is 0 Å². The molecule has 0 aliphatic heterocycles. The number of halogens is 1. The summed E-state index contributed by atoms with van der Waals surface area (Å²) in [5, 5.41) is 2.90. The Labute approximate surface area is 103 Å². The van der Waals surface area contributed by atoms with Gasteiger partial charge in [-0.05, 0) is 19.1 Å². The van der Waals surface area contributed by atoms with E-state index in [4.69, 9.17) is 20.8 Å². The zero-order valence-electron chi connectivity index (χ0n) is 8.85. The second-order valence-corrected chi connectivity index (χ2v) is 4.50. The molecular weight excluding hydrogens is 246 g/mol. The summed E-state index contributed by atoms with van der Waals surface area (Å²) in [6, 6.07) is 3.73. The summed E-state index contributed by atoms with van der Waals surface area (Å²) in [6.07, 6.45) is 1.60. The maximum absolute atomic E-state index is 5.69. The lowest BCUT2D eigenvalue weighted by molar-refractivity contribution is 0.0418. The summed E-state index contributed by atoms with van der Waals surface area (Å²) >= 11 is 7.26. The molecule has 0 amide bonds. The zero-order valence-corrected chi connectivity index (χ0v) is 10.4.